The van der Waals surface area contributed by atoms with Gasteiger partial charge in [0.2, 0.25) is 0 Å². The SMILES string of the molecule is CCN(Cc1ccccn1)CC(O)c1cccc(C)c1. The van der Waals surface area contributed by atoms with Crippen molar-refractivity contribution >= 4 is 0 Å². The number of pyridine rings is 1. The number of nitrogens with zero attached hydrogens (tertiary/aromatic N) is 2. The summed E-state index contributed by atoms with van der Waals surface area (Å²) in [6.45, 7) is 6.42. The van der Waals surface area contributed by atoms with Crippen LogP contribution in [0.2, 0.25) is 0 Å². The molecule has 0 aliphatic heterocycles. The number of rotatable bonds is 6. The topological polar surface area (TPSA) is 36.4 Å². The van der Waals surface area contributed by atoms with E-state index in [1.54, 1.807) is 6.20 Å². The first-order chi connectivity index (χ1) is 9.69. The van der Waals surface area contributed by atoms with Crippen LogP contribution in [0.25, 0.3) is 0 Å². The molecule has 0 fully saturated rings. The maximum atomic E-state index is 10.4. The Morgan fingerprint density at radius 3 is 2.70 bits per heavy atom. The van der Waals surface area contributed by atoms with E-state index in [1.807, 2.05) is 49.4 Å². The summed E-state index contributed by atoms with van der Waals surface area (Å²) < 4.78 is 0. The van der Waals surface area contributed by atoms with Gasteiger partial charge in [-0.15, -0.1) is 0 Å². The molecule has 1 aromatic heterocycles. The number of aromatic nitrogens is 1. The van der Waals surface area contributed by atoms with Crippen LogP contribution in [-0.4, -0.2) is 28.1 Å². The van der Waals surface area contributed by atoms with Crippen molar-refractivity contribution in [3.05, 3.63) is 65.5 Å². The molecule has 3 nitrogen and oxygen atoms in total. The van der Waals surface area contributed by atoms with Gasteiger partial charge in [0.25, 0.3) is 0 Å². The van der Waals surface area contributed by atoms with Crippen molar-refractivity contribution in [1.82, 2.24) is 9.88 Å². The largest absolute Gasteiger partial charge is 0.387 e. The highest BCUT2D eigenvalue weighted by Crippen LogP contribution is 2.16. The Kier molecular flexibility index (Phi) is 5.27. The smallest absolute Gasteiger partial charge is 0.0917 e. The number of likely N-dealkylation sites (N-methyl/N-ethyl adjacent to an activating group) is 1. The molecule has 0 aliphatic carbocycles. The molecule has 2 rings (SSSR count). The molecule has 0 radical (unpaired) electrons. The Morgan fingerprint density at radius 2 is 2.05 bits per heavy atom. The van der Waals surface area contributed by atoms with Crippen LogP contribution < -0.4 is 0 Å². The Bertz CT molecular complexity index is 528. The van der Waals surface area contributed by atoms with Crippen LogP contribution in [0.3, 0.4) is 0 Å². The predicted octanol–water partition coefficient (Wildman–Crippen LogP) is 2.95. The Hall–Kier alpha value is -1.71. The molecule has 2 aromatic rings. The van der Waals surface area contributed by atoms with Gasteiger partial charge in [0, 0.05) is 19.3 Å². The van der Waals surface area contributed by atoms with Gasteiger partial charge in [0.15, 0.2) is 0 Å². The minimum atomic E-state index is -0.460. The molecule has 0 aliphatic rings. The lowest BCUT2D eigenvalue weighted by molar-refractivity contribution is 0.111. The van der Waals surface area contributed by atoms with Gasteiger partial charge in [-0.1, -0.05) is 42.8 Å². The van der Waals surface area contributed by atoms with Gasteiger partial charge in [-0.3, -0.25) is 9.88 Å². The maximum Gasteiger partial charge on any atom is 0.0917 e. The normalized spacial score (nSPS) is 12.6. The minimum absolute atomic E-state index is 0.460. The zero-order valence-electron chi connectivity index (χ0n) is 12.2. The summed E-state index contributed by atoms with van der Waals surface area (Å²) in [6.07, 6.45) is 1.35. The lowest BCUT2D eigenvalue weighted by Gasteiger charge is -2.23. The number of benzene rings is 1. The third kappa shape index (κ3) is 4.15. The molecule has 1 heterocycles. The summed E-state index contributed by atoms with van der Waals surface area (Å²) in [6, 6.07) is 14.0. The molecule has 1 atom stereocenters. The number of aliphatic hydroxyl groups is 1. The summed E-state index contributed by atoms with van der Waals surface area (Å²) in [5, 5.41) is 10.4. The lowest BCUT2D eigenvalue weighted by Crippen LogP contribution is -2.28. The molecule has 0 amide bonds. The highest BCUT2D eigenvalue weighted by Gasteiger charge is 2.13. The molecule has 1 N–H and O–H groups in total. The molecular formula is C17H22N2O. The van der Waals surface area contributed by atoms with E-state index in [-0.39, 0.29) is 0 Å². The minimum Gasteiger partial charge on any atom is -0.387 e. The fourth-order valence-electron chi connectivity index (χ4n) is 2.25. The van der Waals surface area contributed by atoms with Crippen LogP contribution in [0, 0.1) is 6.92 Å². The third-order valence-corrected chi connectivity index (χ3v) is 3.42. The molecule has 3 heteroatoms. The highest BCUT2D eigenvalue weighted by atomic mass is 16.3. The fraction of sp³-hybridized carbons (Fsp3) is 0.353. The van der Waals surface area contributed by atoms with Gasteiger partial charge >= 0.3 is 0 Å². The van der Waals surface area contributed by atoms with Crippen LogP contribution >= 0.6 is 0 Å². The quantitative estimate of drug-likeness (QED) is 0.876. The maximum absolute atomic E-state index is 10.4. The molecule has 20 heavy (non-hydrogen) atoms. The predicted molar refractivity (Wildman–Crippen MR) is 81.3 cm³/mol. The van der Waals surface area contributed by atoms with E-state index in [4.69, 9.17) is 0 Å². The molecule has 1 aromatic carbocycles. The van der Waals surface area contributed by atoms with Gasteiger partial charge < -0.3 is 5.11 Å². The Morgan fingerprint density at radius 1 is 1.20 bits per heavy atom. The summed E-state index contributed by atoms with van der Waals surface area (Å²) >= 11 is 0. The molecule has 0 saturated heterocycles. The van der Waals surface area contributed by atoms with E-state index in [2.05, 4.69) is 16.8 Å². The summed E-state index contributed by atoms with van der Waals surface area (Å²) in [4.78, 5) is 6.54. The molecule has 0 spiro atoms. The van der Waals surface area contributed by atoms with Crippen molar-refractivity contribution in [3.63, 3.8) is 0 Å². The van der Waals surface area contributed by atoms with E-state index in [0.717, 1.165) is 24.3 Å². The first kappa shape index (κ1) is 14.7. The van der Waals surface area contributed by atoms with Gasteiger partial charge in [-0.25, -0.2) is 0 Å². The highest BCUT2D eigenvalue weighted by molar-refractivity contribution is 5.24. The van der Waals surface area contributed by atoms with Gasteiger partial charge in [0.1, 0.15) is 0 Å². The number of hydrogen-bond donors (Lipinski definition) is 1. The van der Waals surface area contributed by atoms with Gasteiger partial charge in [0.05, 0.1) is 11.8 Å². The van der Waals surface area contributed by atoms with Crippen LogP contribution in [-0.2, 0) is 6.54 Å². The fourth-order valence-corrected chi connectivity index (χ4v) is 2.25. The van der Waals surface area contributed by atoms with Crippen molar-refractivity contribution in [2.45, 2.75) is 26.5 Å². The van der Waals surface area contributed by atoms with Crippen molar-refractivity contribution in [2.24, 2.45) is 0 Å². The average molecular weight is 270 g/mol. The van der Waals surface area contributed by atoms with E-state index in [0.29, 0.717) is 6.54 Å². The lowest BCUT2D eigenvalue weighted by atomic mass is 10.1. The van der Waals surface area contributed by atoms with Gasteiger partial charge in [-0.2, -0.15) is 0 Å². The molecular weight excluding hydrogens is 248 g/mol. The second-order valence-corrected chi connectivity index (χ2v) is 5.08. The number of aliphatic hydroxyl groups excluding tert-OH is 1. The van der Waals surface area contributed by atoms with E-state index < -0.39 is 6.10 Å². The van der Waals surface area contributed by atoms with Crippen molar-refractivity contribution in [1.29, 1.82) is 0 Å². The second kappa shape index (κ2) is 7.17. The number of aryl methyl sites for hydroxylation is 1. The monoisotopic (exact) mass is 270 g/mol. The second-order valence-electron chi connectivity index (χ2n) is 5.08. The standard InChI is InChI=1S/C17H22N2O/c1-3-19(12-16-9-4-5-10-18-16)13-17(20)15-8-6-7-14(2)11-15/h4-11,17,20H,3,12-13H2,1-2H3. The Labute approximate surface area is 120 Å². The zero-order valence-corrected chi connectivity index (χ0v) is 12.2. The molecule has 106 valence electrons. The number of hydrogen-bond acceptors (Lipinski definition) is 3. The van der Waals surface area contributed by atoms with Crippen LogP contribution in [0.4, 0.5) is 0 Å². The Balaban J connectivity index is 1.99. The van der Waals surface area contributed by atoms with Gasteiger partial charge in [-0.05, 0) is 31.2 Å². The van der Waals surface area contributed by atoms with Crippen LogP contribution in [0.15, 0.2) is 48.7 Å². The zero-order chi connectivity index (χ0) is 14.4. The third-order valence-electron chi connectivity index (χ3n) is 3.42. The van der Waals surface area contributed by atoms with Crippen molar-refractivity contribution < 1.29 is 5.11 Å². The summed E-state index contributed by atoms with van der Waals surface area (Å²) in [7, 11) is 0. The van der Waals surface area contributed by atoms with E-state index in [9.17, 15) is 5.11 Å². The molecule has 0 saturated carbocycles. The summed E-state index contributed by atoms with van der Waals surface area (Å²) in [5.74, 6) is 0. The first-order valence-electron chi connectivity index (χ1n) is 7.06. The van der Waals surface area contributed by atoms with E-state index >= 15 is 0 Å². The van der Waals surface area contributed by atoms with Crippen LogP contribution in [0.1, 0.15) is 29.8 Å². The average Bonchev–Trinajstić information content (AvgIpc) is 2.47. The van der Waals surface area contributed by atoms with E-state index in [1.165, 1.54) is 5.56 Å². The van der Waals surface area contributed by atoms with Crippen molar-refractivity contribution in [2.75, 3.05) is 13.1 Å². The van der Waals surface area contributed by atoms with Crippen LogP contribution in [0.5, 0.6) is 0 Å². The molecule has 0 bridgehead atoms. The summed E-state index contributed by atoms with van der Waals surface area (Å²) in [5.41, 5.74) is 3.18. The van der Waals surface area contributed by atoms with Crippen molar-refractivity contribution in [3.8, 4) is 0 Å². The molecule has 1 unspecified atom stereocenters. The first-order valence-corrected chi connectivity index (χ1v) is 7.06.